The van der Waals surface area contributed by atoms with Gasteiger partial charge in [-0.3, -0.25) is 4.79 Å². The summed E-state index contributed by atoms with van der Waals surface area (Å²) in [6.07, 6.45) is 17.9. The molecule has 30 heavy (non-hydrogen) atoms. The van der Waals surface area contributed by atoms with Gasteiger partial charge in [0.25, 0.3) is 0 Å². The number of ether oxygens (including phenoxy) is 2. The molecule has 2 aliphatic carbocycles. The Labute approximate surface area is 183 Å². The molecular formula is C26H41NO3. The third kappa shape index (κ3) is 6.99. The van der Waals surface area contributed by atoms with Gasteiger partial charge in [0, 0.05) is 6.07 Å². The molecule has 0 radical (unpaired) electrons. The Bertz CT molecular complexity index is 614. The molecule has 2 saturated carbocycles. The predicted molar refractivity (Wildman–Crippen MR) is 121 cm³/mol. The van der Waals surface area contributed by atoms with E-state index in [0.29, 0.717) is 18.2 Å². The number of rotatable bonds is 10. The molecule has 0 unspecified atom stereocenters. The average Bonchev–Trinajstić information content (AvgIpc) is 2.79. The Balaban J connectivity index is 1.37. The second kappa shape index (κ2) is 12.3. The zero-order chi connectivity index (χ0) is 21.2. The monoisotopic (exact) mass is 415 g/mol. The lowest BCUT2D eigenvalue weighted by atomic mass is 9.68. The Kier molecular flexibility index (Phi) is 9.48. The topological polar surface area (TPSA) is 48.4 Å². The van der Waals surface area contributed by atoms with Crippen LogP contribution < -0.4 is 9.47 Å². The predicted octanol–water partition coefficient (Wildman–Crippen LogP) is 6.97. The molecule has 168 valence electrons. The number of pyridine rings is 1. The minimum Gasteiger partial charge on any atom is -0.478 e. The van der Waals surface area contributed by atoms with Crippen LogP contribution in [0.2, 0.25) is 0 Å². The van der Waals surface area contributed by atoms with E-state index in [2.05, 4.69) is 18.8 Å². The quantitative estimate of drug-likeness (QED) is 0.306. The third-order valence-corrected chi connectivity index (χ3v) is 7.30. The van der Waals surface area contributed by atoms with Gasteiger partial charge >= 0.3 is 5.97 Å². The van der Waals surface area contributed by atoms with Crippen LogP contribution >= 0.6 is 0 Å². The van der Waals surface area contributed by atoms with Gasteiger partial charge in [-0.15, -0.1) is 0 Å². The van der Waals surface area contributed by atoms with Gasteiger partial charge in [-0.05, 0) is 68.8 Å². The molecule has 0 bridgehead atoms. The number of nitrogens with zero attached hydrogens (tertiary/aromatic N) is 1. The number of aromatic nitrogens is 1. The molecule has 0 saturated heterocycles. The summed E-state index contributed by atoms with van der Waals surface area (Å²) >= 11 is 0. The highest BCUT2D eigenvalue weighted by molar-refractivity contribution is 5.75. The van der Waals surface area contributed by atoms with Gasteiger partial charge in [0.15, 0.2) is 0 Å². The SMILES string of the molecule is CCCCOc1ccc(OC(=O)[C@H]2CC[C@H]([C@H]3CC[C@H](CCCC)CC3)CC2)cn1. The van der Waals surface area contributed by atoms with Gasteiger partial charge in [-0.1, -0.05) is 52.4 Å². The summed E-state index contributed by atoms with van der Waals surface area (Å²) in [4.78, 5) is 16.9. The number of esters is 1. The minimum atomic E-state index is -0.0850. The van der Waals surface area contributed by atoms with Gasteiger partial charge in [-0.2, -0.15) is 0 Å². The minimum absolute atomic E-state index is 0.0441. The highest BCUT2D eigenvalue weighted by Crippen LogP contribution is 2.42. The second-order valence-electron chi connectivity index (χ2n) is 9.49. The van der Waals surface area contributed by atoms with E-state index in [4.69, 9.17) is 9.47 Å². The first kappa shape index (κ1) is 23.1. The Morgan fingerprint density at radius 3 is 2.20 bits per heavy atom. The van der Waals surface area contributed by atoms with Crippen LogP contribution in [-0.4, -0.2) is 17.6 Å². The summed E-state index contributed by atoms with van der Waals surface area (Å²) in [7, 11) is 0. The van der Waals surface area contributed by atoms with Crippen molar-refractivity contribution >= 4 is 5.97 Å². The van der Waals surface area contributed by atoms with E-state index in [1.807, 2.05) is 0 Å². The van der Waals surface area contributed by atoms with Gasteiger partial charge < -0.3 is 9.47 Å². The average molecular weight is 416 g/mol. The molecule has 0 spiro atoms. The first-order valence-corrected chi connectivity index (χ1v) is 12.5. The summed E-state index contributed by atoms with van der Waals surface area (Å²) in [5, 5.41) is 0. The van der Waals surface area contributed by atoms with Crippen molar-refractivity contribution in [2.45, 2.75) is 97.3 Å². The molecule has 1 aromatic heterocycles. The summed E-state index contributed by atoms with van der Waals surface area (Å²) in [5.74, 6) is 3.76. The molecule has 3 rings (SSSR count). The van der Waals surface area contributed by atoms with E-state index >= 15 is 0 Å². The van der Waals surface area contributed by atoms with E-state index in [0.717, 1.165) is 43.4 Å². The van der Waals surface area contributed by atoms with Crippen LogP contribution in [0, 0.1) is 23.7 Å². The number of carbonyl (C=O) groups excluding carboxylic acids is 1. The molecule has 0 amide bonds. The zero-order valence-corrected chi connectivity index (χ0v) is 19.1. The fraction of sp³-hybridized carbons (Fsp3) is 0.769. The van der Waals surface area contributed by atoms with Crippen molar-refractivity contribution in [1.29, 1.82) is 0 Å². The lowest BCUT2D eigenvalue weighted by Crippen LogP contribution is -2.30. The largest absolute Gasteiger partial charge is 0.478 e. The van der Waals surface area contributed by atoms with Crippen molar-refractivity contribution in [3.8, 4) is 11.6 Å². The number of hydrogen-bond donors (Lipinski definition) is 0. The number of unbranched alkanes of at least 4 members (excludes halogenated alkanes) is 2. The maximum absolute atomic E-state index is 12.6. The van der Waals surface area contributed by atoms with E-state index in [1.165, 1.54) is 57.8 Å². The Morgan fingerprint density at radius 2 is 1.60 bits per heavy atom. The molecule has 2 aliphatic rings. The molecule has 4 heteroatoms. The first-order valence-electron chi connectivity index (χ1n) is 12.5. The summed E-state index contributed by atoms with van der Waals surface area (Å²) in [6, 6.07) is 3.57. The van der Waals surface area contributed by atoms with Crippen LogP contribution in [0.25, 0.3) is 0 Å². The maximum Gasteiger partial charge on any atom is 0.314 e. The van der Waals surface area contributed by atoms with Crippen molar-refractivity contribution < 1.29 is 14.3 Å². The fourth-order valence-corrected chi connectivity index (χ4v) is 5.30. The second-order valence-corrected chi connectivity index (χ2v) is 9.49. The smallest absolute Gasteiger partial charge is 0.314 e. The van der Waals surface area contributed by atoms with Crippen molar-refractivity contribution in [3.63, 3.8) is 0 Å². The summed E-state index contributed by atoms with van der Waals surface area (Å²) in [5.41, 5.74) is 0. The number of carbonyl (C=O) groups is 1. The van der Waals surface area contributed by atoms with Crippen molar-refractivity contribution in [1.82, 2.24) is 4.98 Å². The van der Waals surface area contributed by atoms with E-state index in [-0.39, 0.29) is 11.9 Å². The van der Waals surface area contributed by atoms with E-state index in [1.54, 1.807) is 18.3 Å². The summed E-state index contributed by atoms with van der Waals surface area (Å²) < 4.78 is 11.2. The van der Waals surface area contributed by atoms with E-state index in [9.17, 15) is 4.79 Å². The maximum atomic E-state index is 12.6. The molecule has 1 aromatic rings. The van der Waals surface area contributed by atoms with Gasteiger partial charge in [0.2, 0.25) is 5.88 Å². The number of hydrogen-bond acceptors (Lipinski definition) is 4. The summed E-state index contributed by atoms with van der Waals surface area (Å²) in [6.45, 7) is 5.10. The van der Waals surface area contributed by atoms with Crippen LogP contribution in [0.15, 0.2) is 18.3 Å². The van der Waals surface area contributed by atoms with Crippen LogP contribution in [0.5, 0.6) is 11.6 Å². The lowest BCUT2D eigenvalue weighted by Gasteiger charge is -2.37. The van der Waals surface area contributed by atoms with Crippen LogP contribution in [0.4, 0.5) is 0 Å². The Morgan fingerprint density at radius 1 is 0.933 bits per heavy atom. The molecule has 2 fully saturated rings. The molecule has 1 heterocycles. The van der Waals surface area contributed by atoms with Crippen molar-refractivity contribution in [2.24, 2.45) is 23.7 Å². The van der Waals surface area contributed by atoms with Crippen LogP contribution in [0.1, 0.15) is 97.3 Å². The van der Waals surface area contributed by atoms with Crippen LogP contribution in [0.3, 0.4) is 0 Å². The highest BCUT2D eigenvalue weighted by Gasteiger charge is 2.33. The van der Waals surface area contributed by atoms with Gasteiger partial charge in [0.1, 0.15) is 5.75 Å². The van der Waals surface area contributed by atoms with Gasteiger partial charge in [-0.25, -0.2) is 4.98 Å². The molecular weight excluding hydrogens is 374 g/mol. The van der Waals surface area contributed by atoms with E-state index < -0.39 is 0 Å². The molecule has 0 atom stereocenters. The molecule has 0 N–H and O–H groups in total. The Hall–Kier alpha value is -1.58. The first-order chi connectivity index (χ1) is 14.7. The molecule has 0 aromatic carbocycles. The van der Waals surface area contributed by atoms with Gasteiger partial charge in [0.05, 0.1) is 18.7 Å². The third-order valence-electron chi connectivity index (χ3n) is 7.30. The molecule has 0 aliphatic heterocycles. The normalized spacial score (nSPS) is 26.9. The van der Waals surface area contributed by atoms with Crippen molar-refractivity contribution in [2.75, 3.05) is 6.61 Å². The van der Waals surface area contributed by atoms with Crippen molar-refractivity contribution in [3.05, 3.63) is 18.3 Å². The van der Waals surface area contributed by atoms with Crippen LogP contribution in [-0.2, 0) is 4.79 Å². The molecule has 4 nitrogen and oxygen atoms in total. The highest BCUT2D eigenvalue weighted by atomic mass is 16.5. The lowest BCUT2D eigenvalue weighted by molar-refractivity contribution is -0.140. The zero-order valence-electron chi connectivity index (χ0n) is 19.1. The fourth-order valence-electron chi connectivity index (χ4n) is 5.30. The standard InChI is InChI=1S/C26H41NO3/c1-3-5-7-20-8-10-21(11-9-20)22-12-14-23(15-13-22)26(28)30-24-16-17-25(27-19-24)29-18-6-4-2/h16-17,19-23H,3-15,18H2,1-2H3/t20-,21-,22-,23-.